The second-order valence-corrected chi connectivity index (χ2v) is 10.7. The van der Waals surface area contributed by atoms with Gasteiger partial charge in [-0.3, -0.25) is 19.7 Å². The average molecular weight is 523 g/mol. The summed E-state index contributed by atoms with van der Waals surface area (Å²) in [7, 11) is 0. The summed E-state index contributed by atoms with van der Waals surface area (Å²) >= 11 is 0. The van der Waals surface area contributed by atoms with Crippen molar-refractivity contribution in [2.24, 2.45) is 11.7 Å². The zero-order chi connectivity index (χ0) is 27.1. The van der Waals surface area contributed by atoms with Crippen LogP contribution in [0.25, 0.3) is 32.9 Å². The zero-order valence-electron chi connectivity index (χ0n) is 21.6. The van der Waals surface area contributed by atoms with Gasteiger partial charge in [-0.1, -0.05) is 13.0 Å². The maximum atomic E-state index is 15.1. The van der Waals surface area contributed by atoms with Crippen molar-refractivity contribution in [3.05, 3.63) is 102 Å². The summed E-state index contributed by atoms with van der Waals surface area (Å²) in [5.74, 6) is -0.303. The van der Waals surface area contributed by atoms with Gasteiger partial charge in [-0.25, -0.2) is 8.78 Å². The maximum absolute atomic E-state index is 15.1. The number of Topliss-reactive ketones (excluding diaryl/α,β-unsaturated/α-hetero) is 1. The Morgan fingerprint density at radius 2 is 1.85 bits per heavy atom. The molecular formula is C32H28F2N4O. The fourth-order valence-corrected chi connectivity index (χ4v) is 6.10. The third-order valence-corrected chi connectivity index (χ3v) is 7.79. The zero-order valence-corrected chi connectivity index (χ0v) is 21.6. The molecule has 3 atom stereocenters. The molecule has 6 rings (SSSR count). The Bertz CT molecular complexity index is 1710. The third-order valence-electron chi connectivity index (χ3n) is 7.79. The lowest BCUT2D eigenvalue weighted by atomic mass is 9.75. The van der Waals surface area contributed by atoms with E-state index in [0.717, 1.165) is 30.4 Å². The Hall–Kier alpha value is -4.10. The first-order valence-electron chi connectivity index (χ1n) is 13.2. The van der Waals surface area contributed by atoms with Gasteiger partial charge >= 0.3 is 0 Å². The number of hydrogen-bond acceptors (Lipinski definition) is 5. The number of ketones is 1. The van der Waals surface area contributed by atoms with Crippen molar-refractivity contribution in [1.29, 1.82) is 0 Å². The molecule has 2 N–H and O–H groups in total. The van der Waals surface area contributed by atoms with Crippen LogP contribution in [0.15, 0.2) is 73.3 Å². The molecule has 7 heteroatoms. The van der Waals surface area contributed by atoms with Crippen molar-refractivity contribution in [3.63, 3.8) is 0 Å². The molecule has 3 aromatic heterocycles. The highest BCUT2D eigenvalue weighted by Crippen LogP contribution is 2.37. The molecule has 0 amide bonds. The predicted octanol–water partition coefficient (Wildman–Crippen LogP) is 6.78. The van der Waals surface area contributed by atoms with Gasteiger partial charge in [0.1, 0.15) is 11.6 Å². The molecule has 1 aliphatic carbocycles. The van der Waals surface area contributed by atoms with E-state index in [2.05, 4.69) is 21.9 Å². The molecule has 0 spiro atoms. The molecule has 0 saturated heterocycles. The molecule has 5 aromatic rings. The highest BCUT2D eigenvalue weighted by Gasteiger charge is 2.28. The number of hydrogen-bond donors (Lipinski definition) is 1. The molecule has 196 valence electrons. The lowest BCUT2D eigenvalue weighted by Gasteiger charge is -2.32. The highest BCUT2D eigenvalue weighted by atomic mass is 19.1. The first kappa shape index (κ1) is 25.2. The summed E-state index contributed by atoms with van der Waals surface area (Å²) in [6.45, 7) is 2.21. The molecule has 3 heterocycles. The minimum atomic E-state index is -0.503. The van der Waals surface area contributed by atoms with Crippen LogP contribution in [-0.4, -0.2) is 26.8 Å². The Morgan fingerprint density at radius 1 is 0.974 bits per heavy atom. The Kier molecular flexibility index (Phi) is 6.61. The van der Waals surface area contributed by atoms with Gasteiger partial charge in [0.2, 0.25) is 0 Å². The molecular weight excluding hydrogens is 494 g/mol. The molecule has 1 fully saturated rings. The Labute approximate surface area is 225 Å². The van der Waals surface area contributed by atoms with E-state index in [1.165, 1.54) is 24.3 Å². The molecule has 0 unspecified atom stereocenters. The molecule has 0 bridgehead atoms. The molecule has 1 aliphatic rings. The van der Waals surface area contributed by atoms with Crippen molar-refractivity contribution in [1.82, 2.24) is 15.0 Å². The standard InChI is InChI=1S/C32H28F2N4O/c1-18-9-20(12-24(35)10-18)25-6-8-36-16-22(25)14-30(39)26-4-5-29(34)28-13-21(17-38-32(26)28)27-15-23(33)11-19-3-2-7-37-31(19)27/h2-8,11,13,15-18,20,24H,9-10,12,14,35H2,1H3/t18-,20+,24-/m0/s1. The van der Waals surface area contributed by atoms with Crippen molar-refractivity contribution in [2.75, 3.05) is 0 Å². The van der Waals surface area contributed by atoms with Crippen LogP contribution in [0.1, 0.15) is 53.6 Å². The van der Waals surface area contributed by atoms with Gasteiger partial charge in [0, 0.05) is 64.7 Å². The molecule has 39 heavy (non-hydrogen) atoms. The average Bonchev–Trinajstić information content (AvgIpc) is 2.92. The van der Waals surface area contributed by atoms with Crippen molar-refractivity contribution in [3.8, 4) is 11.1 Å². The van der Waals surface area contributed by atoms with E-state index in [-0.39, 0.29) is 35.1 Å². The molecule has 0 aliphatic heterocycles. The largest absolute Gasteiger partial charge is 0.328 e. The topological polar surface area (TPSA) is 81.8 Å². The number of aromatic nitrogens is 3. The van der Waals surface area contributed by atoms with E-state index in [9.17, 15) is 9.18 Å². The third kappa shape index (κ3) is 4.90. The Morgan fingerprint density at radius 3 is 2.69 bits per heavy atom. The fraction of sp³-hybridized carbons (Fsp3) is 0.250. The van der Waals surface area contributed by atoms with Gasteiger partial charge in [0.15, 0.2) is 5.78 Å². The number of pyridine rings is 3. The van der Waals surface area contributed by atoms with Crippen LogP contribution in [0.2, 0.25) is 0 Å². The smallest absolute Gasteiger partial charge is 0.169 e. The summed E-state index contributed by atoms with van der Waals surface area (Å²) in [6, 6.07) is 12.8. The van der Waals surface area contributed by atoms with Crippen LogP contribution in [0.3, 0.4) is 0 Å². The van der Waals surface area contributed by atoms with Gasteiger partial charge in [0.05, 0.1) is 11.0 Å². The van der Waals surface area contributed by atoms with Gasteiger partial charge < -0.3 is 5.73 Å². The minimum absolute atomic E-state index is 0.131. The van der Waals surface area contributed by atoms with E-state index >= 15 is 4.39 Å². The first-order valence-corrected chi connectivity index (χ1v) is 13.2. The molecule has 1 saturated carbocycles. The van der Waals surface area contributed by atoms with Crippen LogP contribution in [0.5, 0.6) is 0 Å². The number of fused-ring (bicyclic) bond motifs is 2. The number of nitrogens with two attached hydrogens (primary N) is 1. The van der Waals surface area contributed by atoms with Crippen LogP contribution < -0.4 is 5.73 Å². The quantitative estimate of drug-likeness (QED) is 0.257. The van der Waals surface area contributed by atoms with E-state index < -0.39 is 11.6 Å². The normalized spacial score (nSPS) is 19.4. The number of carbonyl (C=O) groups excluding carboxylic acids is 1. The van der Waals surface area contributed by atoms with Gasteiger partial charge in [0.25, 0.3) is 0 Å². The second-order valence-electron chi connectivity index (χ2n) is 10.7. The number of nitrogens with zero attached hydrogens (tertiary/aromatic N) is 3. The summed E-state index contributed by atoms with van der Waals surface area (Å²) in [5.41, 5.74) is 10.5. The maximum Gasteiger partial charge on any atom is 0.169 e. The minimum Gasteiger partial charge on any atom is -0.328 e. The summed E-state index contributed by atoms with van der Waals surface area (Å²) in [4.78, 5) is 26.8. The number of carbonyl (C=O) groups is 1. The molecule has 0 radical (unpaired) electrons. The van der Waals surface area contributed by atoms with E-state index in [0.29, 0.717) is 33.5 Å². The lowest BCUT2D eigenvalue weighted by Crippen LogP contribution is -2.31. The van der Waals surface area contributed by atoms with E-state index in [1.54, 1.807) is 43.0 Å². The SMILES string of the molecule is C[C@@H]1C[C@H](N)C[C@H](c2ccncc2CC(=O)c2ccc(F)c3cc(-c4cc(F)cc5cccnc45)cnc23)C1. The number of rotatable bonds is 5. The van der Waals surface area contributed by atoms with Gasteiger partial charge in [-0.15, -0.1) is 0 Å². The van der Waals surface area contributed by atoms with Crippen LogP contribution in [-0.2, 0) is 6.42 Å². The van der Waals surface area contributed by atoms with Crippen LogP contribution in [0.4, 0.5) is 8.78 Å². The van der Waals surface area contributed by atoms with Crippen molar-refractivity contribution >= 4 is 27.6 Å². The molecule has 5 nitrogen and oxygen atoms in total. The van der Waals surface area contributed by atoms with Crippen LogP contribution in [0, 0.1) is 17.6 Å². The highest BCUT2D eigenvalue weighted by molar-refractivity contribution is 6.08. The van der Waals surface area contributed by atoms with E-state index in [1.807, 2.05) is 6.07 Å². The summed E-state index contributed by atoms with van der Waals surface area (Å²) in [6.07, 6.45) is 9.71. The number of benzene rings is 2. The summed E-state index contributed by atoms with van der Waals surface area (Å²) in [5, 5.41) is 0.836. The van der Waals surface area contributed by atoms with Crippen LogP contribution >= 0.6 is 0 Å². The summed E-state index contributed by atoms with van der Waals surface area (Å²) < 4.78 is 29.4. The predicted molar refractivity (Wildman–Crippen MR) is 148 cm³/mol. The Balaban J connectivity index is 1.37. The number of halogens is 2. The first-order chi connectivity index (χ1) is 18.9. The monoisotopic (exact) mass is 522 g/mol. The lowest BCUT2D eigenvalue weighted by molar-refractivity contribution is 0.0994. The molecule has 2 aromatic carbocycles. The van der Waals surface area contributed by atoms with Gasteiger partial charge in [-0.2, -0.15) is 0 Å². The van der Waals surface area contributed by atoms with Crippen molar-refractivity contribution < 1.29 is 13.6 Å². The second kappa shape index (κ2) is 10.2. The van der Waals surface area contributed by atoms with Crippen molar-refractivity contribution in [2.45, 2.75) is 44.6 Å². The van der Waals surface area contributed by atoms with E-state index in [4.69, 9.17) is 5.73 Å². The van der Waals surface area contributed by atoms with Gasteiger partial charge in [-0.05, 0) is 84.7 Å². The fourth-order valence-electron chi connectivity index (χ4n) is 6.10.